The van der Waals surface area contributed by atoms with Gasteiger partial charge in [-0.1, -0.05) is 26.8 Å². The average molecular weight is 736 g/mol. The minimum Gasteiger partial charge on any atom is -0.491 e. The molecule has 1 amide bonds. The van der Waals surface area contributed by atoms with Crippen LogP contribution in [0.3, 0.4) is 0 Å². The molecule has 284 valence electrons. The maximum atomic E-state index is 14.7. The van der Waals surface area contributed by atoms with Gasteiger partial charge in [0.15, 0.2) is 8.32 Å². The fourth-order valence-electron chi connectivity index (χ4n) is 6.98. The fourth-order valence-corrected chi connectivity index (χ4v) is 8.68. The van der Waals surface area contributed by atoms with E-state index in [0.717, 1.165) is 11.5 Å². The van der Waals surface area contributed by atoms with Crippen molar-refractivity contribution in [2.75, 3.05) is 6.61 Å². The zero-order chi connectivity index (χ0) is 38.3. The van der Waals surface area contributed by atoms with Gasteiger partial charge in [0.25, 0.3) is 0 Å². The van der Waals surface area contributed by atoms with Gasteiger partial charge in [-0.25, -0.2) is 9.78 Å². The molecule has 1 saturated carbocycles. The molecule has 1 aromatic heterocycles. The third kappa shape index (κ3) is 8.04. The molecule has 3 aliphatic rings. The zero-order valence-electron chi connectivity index (χ0n) is 32.9. The highest BCUT2D eigenvalue weighted by Gasteiger charge is 2.54. The van der Waals surface area contributed by atoms with Crippen molar-refractivity contribution < 1.29 is 41.2 Å². The lowest BCUT2D eigenvalue weighted by molar-refractivity contribution is -0.136. The smallest absolute Gasteiger partial charge is 0.490 e. The van der Waals surface area contributed by atoms with Crippen LogP contribution in [0, 0.1) is 0 Å². The number of rotatable bonds is 7. The summed E-state index contributed by atoms with van der Waals surface area (Å²) >= 11 is 0. The normalized spacial score (nSPS) is 27.0. The number of carbonyl (C=O) groups excluding carboxylic acids is 1. The van der Waals surface area contributed by atoms with Crippen molar-refractivity contribution in [2.24, 2.45) is 0 Å². The number of hydrogen-bond donors (Lipinski definition) is 0. The number of halogens is 3. The first kappa shape index (κ1) is 39.7. The Morgan fingerprint density at radius 3 is 2.14 bits per heavy atom. The van der Waals surface area contributed by atoms with Crippen molar-refractivity contribution in [3.63, 3.8) is 0 Å². The number of aromatic nitrogens is 2. The number of amides is 1. The Labute approximate surface area is 302 Å². The van der Waals surface area contributed by atoms with E-state index in [2.05, 4.69) is 45.8 Å². The van der Waals surface area contributed by atoms with Crippen LogP contribution in [0.1, 0.15) is 114 Å². The van der Waals surface area contributed by atoms with Crippen molar-refractivity contribution in [1.82, 2.24) is 14.5 Å². The van der Waals surface area contributed by atoms with Gasteiger partial charge in [0.05, 0.1) is 45.8 Å². The molecule has 0 radical (unpaired) electrons. The van der Waals surface area contributed by atoms with Crippen LogP contribution >= 0.6 is 0 Å². The van der Waals surface area contributed by atoms with Crippen molar-refractivity contribution >= 4 is 32.6 Å². The molecule has 2 aromatic rings. The molecule has 0 unspecified atom stereocenters. The molecule has 0 spiro atoms. The minimum atomic E-state index is -4.66. The molecule has 2 aliphatic heterocycles. The van der Waals surface area contributed by atoms with Crippen molar-refractivity contribution in [3.8, 4) is 5.75 Å². The summed E-state index contributed by atoms with van der Waals surface area (Å²) in [5, 5.41) is 0.0194. The van der Waals surface area contributed by atoms with Gasteiger partial charge in [-0.2, -0.15) is 13.2 Å². The van der Waals surface area contributed by atoms with Crippen LogP contribution in [0.4, 0.5) is 18.0 Å². The molecule has 2 atom stereocenters. The summed E-state index contributed by atoms with van der Waals surface area (Å²) in [5.74, 6) is 0.00716. The molecule has 0 N–H and O–H groups in total. The number of imidazole rings is 1. The van der Waals surface area contributed by atoms with Gasteiger partial charge in [0.1, 0.15) is 18.0 Å². The minimum absolute atomic E-state index is 0.00716. The van der Waals surface area contributed by atoms with E-state index in [0.29, 0.717) is 19.3 Å². The van der Waals surface area contributed by atoms with Crippen LogP contribution in [-0.2, 0) is 24.6 Å². The summed E-state index contributed by atoms with van der Waals surface area (Å²) in [4.78, 5) is 19.5. The van der Waals surface area contributed by atoms with Crippen LogP contribution in [0.25, 0.3) is 11.0 Å². The Bertz CT molecular complexity index is 1650. The lowest BCUT2D eigenvalue weighted by Crippen LogP contribution is -2.54. The summed E-state index contributed by atoms with van der Waals surface area (Å²) in [6.45, 7) is 28.0. The van der Waals surface area contributed by atoms with Gasteiger partial charge in [-0.15, -0.1) is 0 Å². The number of fused-ring (bicyclic) bond motifs is 1. The first-order valence-electron chi connectivity index (χ1n) is 18.0. The molecule has 1 aliphatic carbocycles. The Morgan fingerprint density at radius 1 is 1.02 bits per heavy atom. The maximum absolute atomic E-state index is 14.7. The van der Waals surface area contributed by atoms with Gasteiger partial charge in [-0.3, -0.25) is 4.90 Å². The van der Waals surface area contributed by atoms with Gasteiger partial charge in [0, 0.05) is 18.2 Å². The Hall–Kier alpha value is -2.55. The molecule has 2 fully saturated rings. The summed E-state index contributed by atoms with van der Waals surface area (Å²) < 4.78 is 77.1. The Morgan fingerprint density at radius 2 is 1.61 bits per heavy atom. The first-order chi connectivity index (χ1) is 23.0. The highest BCUT2D eigenvalue weighted by Crippen LogP contribution is 2.51. The van der Waals surface area contributed by atoms with E-state index in [9.17, 15) is 18.0 Å². The highest BCUT2D eigenvalue weighted by molar-refractivity contribution is 6.74. The van der Waals surface area contributed by atoms with Crippen molar-refractivity contribution in [2.45, 2.75) is 167 Å². The van der Waals surface area contributed by atoms with E-state index in [-0.39, 0.29) is 40.5 Å². The molecule has 14 heteroatoms. The molecular formula is C37H57BF3N3O6Si. The number of benzene rings is 1. The summed E-state index contributed by atoms with van der Waals surface area (Å²) in [6, 6.07) is 1.39. The second-order valence-corrected chi connectivity index (χ2v) is 23.2. The summed E-state index contributed by atoms with van der Waals surface area (Å²) in [6.07, 6.45) is -0.183. The Kier molecular flexibility index (Phi) is 9.95. The maximum Gasteiger partial charge on any atom is 0.490 e. The van der Waals surface area contributed by atoms with Crippen LogP contribution in [0.2, 0.25) is 18.1 Å². The molecule has 51 heavy (non-hydrogen) atoms. The quantitative estimate of drug-likeness (QED) is 0.262. The second kappa shape index (κ2) is 12.8. The number of alkyl halides is 3. The largest absolute Gasteiger partial charge is 0.491 e. The van der Waals surface area contributed by atoms with Crippen molar-refractivity contribution in [1.29, 1.82) is 0 Å². The zero-order valence-corrected chi connectivity index (χ0v) is 33.9. The third-order valence-electron chi connectivity index (χ3n) is 11.3. The van der Waals surface area contributed by atoms with E-state index in [1.54, 1.807) is 30.2 Å². The summed E-state index contributed by atoms with van der Waals surface area (Å²) in [5.41, 5.74) is -2.07. The second-order valence-electron chi connectivity index (χ2n) is 18.5. The molecule has 3 heterocycles. The lowest BCUT2D eigenvalue weighted by Gasteiger charge is -2.52. The first-order valence-corrected chi connectivity index (χ1v) is 20.9. The van der Waals surface area contributed by atoms with Gasteiger partial charge in [-0.05, 0) is 111 Å². The number of ether oxygens (including phenoxy) is 2. The van der Waals surface area contributed by atoms with E-state index in [1.165, 1.54) is 12.4 Å². The summed E-state index contributed by atoms with van der Waals surface area (Å²) in [7, 11) is -2.72. The fraction of sp³-hybridized carbons (Fsp3) is 0.730. The molecule has 5 rings (SSSR count). The van der Waals surface area contributed by atoms with Crippen LogP contribution in [0.15, 0.2) is 30.0 Å². The monoisotopic (exact) mass is 735 g/mol. The van der Waals surface area contributed by atoms with Gasteiger partial charge in [0.2, 0.25) is 0 Å². The predicted octanol–water partition coefficient (Wildman–Crippen LogP) is 9.51. The van der Waals surface area contributed by atoms with E-state index < -0.39 is 61.7 Å². The molecule has 9 nitrogen and oxygen atoms in total. The standard InChI is InChI=1S/C37H57BF3N3O6Si/c1-23-15-24(38-48-34(8,9)35(10,11)49-38)16-25(44(23)31(45)47-32(2,3)4)21-46-27-17-28(37(39,40)41)30-29(18-27)42-22-43(30)26-19-36(12,20-26)50-51(13,14)33(5,6)7/h16-18,22-23,25-26H,15,19-21H2,1-14H3/t23-,25-,26?,36?/m0/s1. The van der Waals surface area contributed by atoms with Crippen LogP contribution < -0.4 is 4.74 Å². The predicted molar refractivity (Wildman–Crippen MR) is 195 cm³/mol. The van der Waals surface area contributed by atoms with E-state index in [1.807, 2.05) is 40.7 Å². The molecule has 0 bridgehead atoms. The number of carbonyl (C=O) groups is 1. The van der Waals surface area contributed by atoms with Gasteiger partial charge < -0.3 is 27.8 Å². The molecular weight excluding hydrogens is 678 g/mol. The number of nitrogens with zero attached hydrogens (tertiary/aromatic N) is 3. The van der Waals surface area contributed by atoms with E-state index >= 15 is 0 Å². The number of hydrogen-bond acceptors (Lipinski definition) is 7. The van der Waals surface area contributed by atoms with Gasteiger partial charge >= 0.3 is 19.4 Å². The molecule has 1 saturated heterocycles. The topological polar surface area (TPSA) is 84.3 Å². The van der Waals surface area contributed by atoms with Crippen molar-refractivity contribution in [3.05, 3.63) is 35.6 Å². The lowest BCUT2D eigenvalue weighted by atomic mass is 9.72. The van der Waals surface area contributed by atoms with Crippen LogP contribution in [0.5, 0.6) is 5.75 Å². The van der Waals surface area contributed by atoms with Crippen LogP contribution in [-0.4, -0.2) is 77.1 Å². The third-order valence-corrected chi connectivity index (χ3v) is 16.0. The SMILES string of the molecule is C[C@H]1CC(B2OC(C)(C)C(C)(C)O2)=C[C@@H](COc2cc(C(F)(F)F)c3c(c2)ncn3C2CC(C)(O[Si](C)(C)C(C)(C)C)C2)N1C(=O)OC(C)(C)C. The molecule has 1 aromatic carbocycles. The Balaban J connectivity index is 1.42. The average Bonchev–Trinajstić information content (AvgIpc) is 3.43. The highest BCUT2D eigenvalue weighted by atomic mass is 28.4. The van der Waals surface area contributed by atoms with E-state index in [4.69, 9.17) is 23.2 Å².